The molecule has 1 fully saturated rings. The molecule has 0 unspecified atom stereocenters. The normalized spacial score (nSPS) is 14.9. The summed E-state index contributed by atoms with van der Waals surface area (Å²) in [4.78, 5) is 0. The lowest BCUT2D eigenvalue weighted by atomic mass is 10.2. The van der Waals surface area contributed by atoms with E-state index in [1.165, 1.54) is 24.8 Å². The van der Waals surface area contributed by atoms with Gasteiger partial charge in [-0.3, -0.25) is 0 Å². The average molecular weight is 254 g/mol. The highest BCUT2D eigenvalue weighted by molar-refractivity contribution is 6.32. The summed E-state index contributed by atoms with van der Waals surface area (Å²) in [6.07, 6.45) is 4.95. The second-order valence-electron chi connectivity index (χ2n) is 4.72. The van der Waals surface area contributed by atoms with Crippen LogP contribution >= 0.6 is 11.6 Å². The molecule has 0 aliphatic heterocycles. The fourth-order valence-corrected chi connectivity index (χ4v) is 1.90. The van der Waals surface area contributed by atoms with E-state index in [4.69, 9.17) is 16.3 Å². The van der Waals surface area contributed by atoms with Gasteiger partial charge < -0.3 is 10.1 Å². The highest BCUT2D eigenvalue weighted by Crippen LogP contribution is 2.25. The van der Waals surface area contributed by atoms with Crippen molar-refractivity contribution in [2.24, 2.45) is 0 Å². The predicted octanol–water partition coefficient (Wildman–Crippen LogP) is 3.56. The summed E-state index contributed by atoms with van der Waals surface area (Å²) < 4.78 is 5.68. The van der Waals surface area contributed by atoms with Crippen LogP contribution in [0.25, 0.3) is 0 Å². The average Bonchev–Trinajstić information content (AvgIpc) is 3.11. The molecule has 1 N–H and O–H groups in total. The number of benzene rings is 1. The van der Waals surface area contributed by atoms with E-state index >= 15 is 0 Å². The van der Waals surface area contributed by atoms with E-state index < -0.39 is 0 Å². The second-order valence-corrected chi connectivity index (χ2v) is 5.13. The number of halogens is 1. The third-order valence-corrected chi connectivity index (χ3v) is 3.24. The van der Waals surface area contributed by atoms with Crippen LogP contribution in [0, 0.1) is 6.92 Å². The van der Waals surface area contributed by atoms with Gasteiger partial charge in [0.05, 0.1) is 11.6 Å². The lowest BCUT2D eigenvalue weighted by Crippen LogP contribution is -2.17. The molecule has 0 bridgehead atoms. The Kier molecular flexibility index (Phi) is 4.69. The molecular weight excluding hydrogens is 234 g/mol. The van der Waals surface area contributed by atoms with Gasteiger partial charge in [-0.25, -0.2) is 0 Å². The van der Waals surface area contributed by atoms with E-state index in [9.17, 15) is 0 Å². The third kappa shape index (κ3) is 4.57. The molecule has 0 heterocycles. The molecule has 2 rings (SSSR count). The van der Waals surface area contributed by atoms with E-state index in [1.54, 1.807) is 0 Å². The molecule has 0 amide bonds. The summed E-state index contributed by atoms with van der Waals surface area (Å²) >= 11 is 6.05. The van der Waals surface area contributed by atoms with Gasteiger partial charge in [-0.2, -0.15) is 0 Å². The summed E-state index contributed by atoms with van der Waals surface area (Å²) in [6.45, 7) is 3.90. The van der Waals surface area contributed by atoms with E-state index in [-0.39, 0.29) is 0 Å². The molecular formula is C14H20ClNO. The van der Waals surface area contributed by atoms with Gasteiger partial charge in [-0.05, 0) is 56.8 Å². The van der Waals surface area contributed by atoms with Gasteiger partial charge >= 0.3 is 0 Å². The second kappa shape index (κ2) is 6.27. The molecule has 1 saturated carbocycles. The topological polar surface area (TPSA) is 21.3 Å². The Labute approximate surface area is 108 Å². The van der Waals surface area contributed by atoms with Crippen molar-refractivity contribution >= 4 is 11.6 Å². The Morgan fingerprint density at radius 2 is 2.18 bits per heavy atom. The SMILES string of the molecule is Cc1ccc(Cl)c(OCCCCNC2CC2)c1. The van der Waals surface area contributed by atoms with Crippen molar-refractivity contribution in [3.8, 4) is 5.75 Å². The smallest absolute Gasteiger partial charge is 0.138 e. The highest BCUT2D eigenvalue weighted by atomic mass is 35.5. The van der Waals surface area contributed by atoms with Crippen LogP contribution in [0.15, 0.2) is 18.2 Å². The number of unbranched alkanes of at least 4 members (excludes halogenated alkanes) is 1. The quantitative estimate of drug-likeness (QED) is 0.751. The monoisotopic (exact) mass is 253 g/mol. The summed E-state index contributed by atoms with van der Waals surface area (Å²) in [6, 6.07) is 6.68. The van der Waals surface area contributed by atoms with Crippen molar-refractivity contribution in [3.05, 3.63) is 28.8 Å². The number of aryl methyl sites for hydroxylation is 1. The summed E-state index contributed by atoms with van der Waals surface area (Å²) in [7, 11) is 0. The zero-order valence-electron chi connectivity index (χ0n) is 10.3. The first-order valence-electron chi connectivity index (χ1n) is 6.38. The van der Waals surface area contributed by atoms with E-state index in [1.807, 2.05) is 25.1 Å². The summed E-state index contributed by atoms with van der Waals surface area (Å²) in [5.74, 6) is 0.807. The Morgan fingerprint density at radius 1 is 1.35 bits per heavy atom. The van der Waals surface area contributed by atoms with E-state index in [0.717, 1.165) is 31.4 Å². The van der Waals surface area contributed by atoms with Crippen molar-refractivity contribution in [1.29, 1.82) is 0 Å². The Balaban J connectivity index is 1.61. The van der Waals surface area contributed by atoms with Crippen LogP contribution in [-0.4, -0.2) is 19.2 Å². The van der Waals surface area contributed by atoms with Crippen LogP contribution in [-0.2, 0) is 0 Å². The number of nitrogens with one attached hydrogen (secondary N) is 1. The number of hydrogen-bond donors (Lipinski definition) is 1. The van der Waals surface area contributed by atoms with Crippen LogP contribution in [0.5, 0.6) is 5.75 Å². The third-order valence-electron chi connectivity index (χ3n) is 2.93. The van der Waals surface area contributed by atoms with Gasteiger partial charge in [0.15, 0.2) is 0 Å². The predicted molar refractivity (Wildman–Crippen MR) is 71.9 cm³/mol. The van der Waals surface area contributed by atoms with Crippen LogP contribution in [0.1, 0.15) is 31.2 Å². The molecule has 0 aromatic heterocycles. The molecule has 0 atom stereocenters. The van der Waals surface area contributed by atoms with Crippen molar-refractivity contribution in [3.63, 3.8) is 0 Å². The van der Waals surface area contributed by atoms with Gasteiger partial charge in [0.2, 0.25) is 0 Å². The van der Waals surface area contributed by atoms with Gasteiger partial charge in [0.25, 0.3) is 0 Å². The zero-order chi connectivity index (χ0) is 12.1. The van der Waals surface area contributed by atoms with Crippen LogP contribution in [0.4, 0.5) is 0 Å². The minimum atomic E-state index is 0.701. The maximum atomic E-state index is 6.05. The first-order chi connectivity index (χ1) is 8.25. The Bertz CT molecular complexity index is 363. The first-order valence-corrected chi connectivity index (χ1v) is 6.76. The van der Waals surface area contributed by atoms with Crippen molar-refractivity contribution in [1.82, 2.24) is 5.32 Å². The minimum Gasteiger partial charge on any atom is -0.492 e. The summed E-state index contributed by atoms with van der Waals surface area (Å²) in [5.41, 5.74) is 1.18. The molecule has 0 saturated heterocycles. The summed E-state index contributed by atoms with van der Waals surface area (Å²) in [5, 5.41) is 4.19. The molecule has 1 aliphatic rings. The molecule has 1 aromatic carbocycles. The lowest BCUT2D eigenvalue weighted by molar-refractivity contribution is 0.305. The first kappa shape index (κ1) is 12.7. The maximum Gasteiger partial charge on any atom is 0.138 e. The molecule has 94 valence electrons. The molecule has 2 nitrogen and oxygen atoms in total. The van der Waals surface area contributed by atoms with Gasteiger partial charge in [-0.15, -0.1) is 0 Å². The van der Waals surface area contributed by atoms with Crippen molar-refractivity contribution in [2.45, 2.75) is 38.6 Å². The fraction of sp³-hybridized carbons (Fsp3) is 0.571. The van der Waals surface area contributed by atoms with Crippen LogP contribution in [0.3, 0.4) is 0 Å². The molecule has 3 heteroatoms. The molecule has 1 aromatic rings. The largest absolute Gasteiger partial charge is 0.492 e. The van der Waals surface area contributed by atoms with Crippen LogP contribution < -0.4 is 10.1 Å². The fourth-order valence-electron chi connectivity index (χ4n) is 1.72. The number of hydrogen-bond acceptors (Lipinski definition) is 2. The van der Waals surface area contributed by atoms with Gasteiger partial charge in [-0.1, -0.05) is 17.7 Å². The van der Waals surface area contributed by atoms with Gasteiger partial charge in [0, 0.05) is 6.04 Å². The highest BCUT2D eigenvalue weighted by Gasteiger charge is 2.19. The lowest BCUT2D eigenvalue weighted by Gasteiger charge is -2.09. The number of rotatable bonds is 7. The molecule has 17 heavy (non-hydrogen) atoms. The van der Waals surface area contributed by atoms with Crippen molar-refractivity contribution < 1.29 is 4.74 Å². The van der Waals surface area contributed by atoms with Crippen molar-refractivity contribution in [2.75, 3.05) is 13.2 Å². The Morgan fingerprint density at radius 3 is 2.94 bits per heavy atom. The standard InChI is InChI=1S/C14H20ClNO/c1-11-4-7-13(15)14(10-11)17-9-3-2-8-16-12-5-6-12/h4,7,10,12,16H,2-3,5-6,8-9H2,1H3. The number of ether oxygens (including phenoxy) is 1. The molecule has 0 radical (unpaired) electrons. The molecule has 0 spiro atoms. The van der Waals surface area contributed by atoms with E-state index in [2.05, 4.69) is 5.32 Å². The minimum absolute atomic E-state index is 0.701. The van der Waals surface area contributed by atoms with Crippen LogP contribution in [0.2, 0.25) is 5.02 Å². The maximum absolute atomic E-state index is 6.05. The molecule has 1 aliphatic carbocycles. The zero-order valence-corrected chi connectivity index (χ0v) is 11.1. The van der Waals surface area contributed by atoms with Gasteiger partial charge in [0.1, 0.15) is 5.75 Å². The Hall–Kier alpha value is -0.730. The van der Waals surface area contributed by atoms with E-state index in [0.29, 0.717) is 5.02 Å².